The molecule has 0 radical (unpaired) electrons. The lowest BCUT2D eigenvalue weighted by molar-refractivity contribution is -0.168. The predicted molar refractivity (Wildman–Crippen MR) is 93.3 cm³/mol. The first-order valence-corrected chi connectivity index (χ1v) is 9.12. The van der Waals surface area contributed by atoms with E-state index >= 15 is 0 Å². The molecule has 0 saturated heterocycles. The van der Waals surface area contributed by atoms with Crippen LogP contribution in [-0.2, 0) is 9.59 Å². The molecule has 4 N–H and O–H groups in total. The second-order valence-electron chi connectivity index (χ2n) is 4.62. The van der Waals surface area contributed by atoms with Gasteiger partial charge in [-0.1, -0.05) is 31.9 Å². The third kappa shape index (κ3) is 2.65. The molecule has 0 heterocycles. The monoisotopic (exact) mass is 568 g/mol. The Labute approximate surface area is 159 Å². The van der Waals surface area contributed by atoms with E-state index in [0.29, 0.717) is 8.96 Å². The average Bonchev–Trinajstić information content (AvgIpc) is 2.45. The zero-order valence-corrected chi connectivity index (χ0v) is 17.3. The normalized spacial score (nSPS) is 29.0. The second-order valence-corrected chi connectivity index (χ2v) is 7.80. The molecule has 10 heteroatoms. The van der Waals surface area contributed by atoms with Crippen molar-refractivity contribution in [3.8, 4) is 0 Å². The number of carboxylic acids is 2. The van der Waals surface area contributed by atoms with E-state index in [-0.39, 0.29) is 21.8 Å². The number of rotatable bonds is 6. The molecular formula is C12H12Br4O6. The molecule has 0 spiro atoms. The number of hydrogen-bond donors (Lipinski definition) is 4. The summed E-state index contributed by atoms with van der Waals surface area (Å²) in [7, 11) is 0. The van der Waals surface area contributed by atoms with Crippen LogP contribution in [-0.4, -0.2) is 45.6 Å². The molecule has 124 valence electrons. The van der Waals surface area contributed by atoms with Crippen LogP contribution < -0.4 is 0 Å². The zero-order chi connectivity index (χ0) is 17.3. The quantitative estimate of drug-likeness (QED) is 0.390. The van der Waals surface area contributed by atoms with Gasteiger partial charge in [-0.2, -0.15) is 0 Å². The number of carboxylic acid groups (broad SMARTS) is 2. The van der Waals surface area contributed by atoms with E-state index in [2.05, 4.69) is 63.7 Å². The van der Waals surface area contributed by atoms with Crippen LogP contribution in [0.4, 0.5) is 0 Å². The maximum absolute atomic E-state index is 12.1. The molecule has 1 aliphatic rings. The Morgan fingerprint density at radius 3 is 1.23 bits per heavy atom. The minimum Gasteiger partial charge on any atom is -0.481 e. The highest BCUT2D eigenvalue weighted by Crippen LogP contribution is 2.64. The Morgan fingerprint density at radius 1 is 0.773 bits per heavy atom. The summed E-state index contributed by atoms with van der Waals surface area (Å²) in [5, 5.41) is 38.3. The summed E-state index contributed by atoms with van der Waals surface area (Å²) in [5.41, 5.74) is -3.96. The third-order valence-electron chi connectivity index (χ3n) is 3.76. The summed E-state index contributed by atoms with van der Waals surface area (Å²) in [6.07, 6.45) is -0.695. The lowest BCUT2D eigenvalue weighted by Crippen LogP contribution is -2.56. The fourth-order valence-electron chi connectivity index (χ4n) is 2.69. The van der Waals surface area contributed by atoms with Crippen LogP contribution >= 0.6 is 63.7 Å². The van der Waals surface area contributed by atoms with Crippen LogP contribution in [0, 0.1) is 10.8 Å². The van der Waals surface area contributed by atoms with E-state index in [0.717, 1.165) is 0 Å². The first-order valence-electron chi connectivity index (χ1n) is 5.95. The van der Waals surface area contributed by atoms with Crippen molar-refractivity contribution in [2.75, 3.05) is 13.2 Å². The number of aliphatic hydroxyl groups excluding tert-OH is 2. The summed E-state index contributed by atoms with van der Waals surface area (Å²) in [5.74, 6) is -2.84. The van der Waals surface area contributed by atoms with Crippen molar-refractivity contribution < 1.29 is 30.0 Å². The van der Waals surface area contributed by atoms with Crippen LogP contribution in [0.1, 0.15) is 12.8 Å². The predicted octanol–water partition coefficient (Wildman–Crippen LogP) is 2.91. The minimum atomic E-state index is -1.98. The van der Waals surface area contributed by atoms with E-state index < -0.39 is 36.0 Å². The largest absolute Gasteiger partial charge is 0.481 e. The van der Waals surface area contributed by atoms with Crippen molar-refractivity contribution in [2.24, 2.45) is 10.8 Å². The maximum Gasteiger partial charge on any atom is 0.316 e. The lowest BCUT2D eigenvalue weighted by atomic mass is 9.58. The van der Waals surface area contributed by atoms with E-state index in [4.69, 9.17) is 0 Å². The Hall–Kier alpha value is 0.260. The van der Waals surface area contributed by atoms with Crippen LogP contribution in [0.5, 0.6) is 0 Å². The lowest BCUT2D eigenvalue weighted by Gasteiger charge is -2.47. The summed E-state index contributed by atoms with van der Waals surface area (Å²) >= 11 is 12.8. The molecule has 0 bridgehead atoms. The third-order valence-corrected chi connectivity index (χ3v) is 9.09. The fourth-order valence-corrected chi connectivity index (χ4v) is 6.10. The molecule has 0 aliphatic heterocycles. The molecular weight excluding hydrogens is 560 g/mol. The number of halogens is 4. The SMILES string of the molecule is O=C(O)C1(CCO)C(Br)=C(Br)C(Br)=C(Br)C1(CCO)C(=O)O. The fraction of sp³-hybridized carbons (Fsp3) is 0.500. The van der Waals surface area contributed by atoms with Gasteiger partial charge in [0.25, 0.3) is 0 Å². The van der Waals surface area contributed by atoms with Gasteiger partial charge in [-0.05, 0) is 44.7 Å². The van der Waals surface area contributed by atoms with Gasteiger partial charge in [0.2, 0.25) is 0 Å². The summed E-state index contributed by atoms with van der Waals surface area (Å²) in [4.78, 5) is 24.1. The van der Waals surface area contributed by atoms with Crippen molar-refractivity contribution in [3.63, 3.8) is 0 Å². The standard InChI is InChI=1S/C12H12Br4O6/c13-5-6(14)8(16)12(2-4-18,10(21)22)11(1-3-17,7(5)15)9(19)20/h17-18H,1-4H2,(H,19,20)(H,21,22). The summed E-state index contributed by atoms with van der Waals surface area (Å²) < 4.78 is 0.801. The number of aliphatic hydroxyl groups is 2. The van der Waals surface area contributed by atoms with Gasteiger partial charge < -0.3 is 20.4 Å². The smallest absolute Gasteiger partial charge is 0.316 e. The van der Waals surface area contributed by atoms with Crippen molar-refractivity contribution in [3.05, 3.63) is 17.9 Å². The highest BCUT2D eigenvalue weighted by Gasteiger charge is 2.66. The highest BCUT2D eigenvalue weighted by molar-refractivity contribution is 9.17. The molecule has 1 rings (SSSR count). The van der Waals surface area contributed by atoms with Crippen LogP contribution in [0.2, 0.25) is 0 Å². The molecule has 22 heavy (non-hydrogen) atoms. The number of hydrogen-bond acceptors (Lipinski definition) is 4. The van der Waals surface area contributed by atoms with Crippen LogP contribution in [0.25, 0.3) is 0 Å². The number of carbonyl (C=O) groups is 2. The van der Waals surface area contributed by atoms with Crippen LogP contribution in [0.3, 0.4) is 0 Å². The Kier molecular flexibility index (Phi) is 6.86. The van der Waals surface area contributed by atoms with Gasteiger partial charge in [-0.25, -0.2) is 0 Å². The summed E-state index contributed by atoms with van der Waals surface area (Å²) in [6, 6.07) is 0. The van der Waals surface area contributed by atoms with Gasteiger partial charge >= 0.3 is 11.9 Å². The van der Waals surface area contributed by atoms with Crippen molar-refractivity contribution >= 4 is 75.7 Å². The minimum absolute atomic E-state index is 0.0764. The molecule has 2 unspecified atom stereocenters. The Bertz CT molecular complexity index is 522. The zero-order valence-electron chi connectivity index (χ0n) is 10.9. The van der Waals surface area contributed by atoms with E-state index in [9.17, 15) is 30.0 Å². The maximum atomic E-state index is 12.1. The molecule has 0 saturated carbocycles. The van der Waals surface area contributed by atoms with Gasteiger partial charge in [0.15, 0.2) is 0 Å². The van der Waals surface area contributed by atoms with Gasteiger partial charge in [0, 0.05) is 31.1 Å². The van der Waals surface area contributed by atoms with Crippen LogP contribution in [0.15, 0.2) is 17.9 Å². The summed E-state index contributed by atoms with van der Waals surface area (Å²) in [6.45, 7) is -1.08. The molecule has 0 aromatic rings. The Morgan fingerprint density at radius 2 is 1.05 bits per heavy atom. The van der Waals surface area contributed by atoms with E-state index in [1.165, 1.54) is 0 Å². The van der Waals surface area contributed by atoms with Gasteiger partial charge in [0.05, 0.1) is 0 Å². The van der Waals surface area contributed by atoms with Crippen molar-refractivity contribution in [1.82, 2.24) is 0 Å². The van der Waals surface area contributed by atoms with Gasteiger partial charge in [-0.15, -0.1) is 0 Å². The van der Waals surface area contributed by atoms with Crippen molar-refractivity contribution in [1.29, 1.82) is 0 Å². The molecule has 0 aromatic carbocycles. The molecule has 0 aromatic heterocycles. The second kappa shape index (κ2) is 7.43. The first kappa shape index (κ1) is 20.3. The Balaban J connectivity index is 3.95. The molecule has 2 atom stereocenters. The molecule has 0 fully saturated rings. The first-order chi connectivity index (χ1) is 10.1. The topological polar surface area (TPSA) is 115 Å². The number of aliphatic carboxylic acids is 2. The molecule has 1 aliphatic carbocycles. The van der Waals surface area contributed by atoms with E-state index in [1.807, 2.05) is 0 Å². The van der Waals surface area contributed by atoms with Gasteiger partial charge in [-0.3, -0.25) is 9.59 Å². The molecule has 0 amide bonds. The van der Waals surface area contributed by atoms with Gasteiger partial charge in [0.1, 0.15) is 10.8 Å². The van der Waals surface area contributed by atoms with Crippen molar-refractivity contribution in [2.45, 2.75) is 12.8 Å². The van der Waals surface area contributed by atoms with E-state index in [1.54, 1.807) is 0 Å². The average molecular weight is 572 g/mol. The number of allylic oxidation sites excluding steroid dienone is 2. The molecule has 6 nitrogen and oxygen atoms in total. The highest BCUT2D eigenvalue weighted by atomic mass is 79.9.